The fourth-order valence-electron chi connectivity index (χ4n) is 3.03. The molecule has 3 rings (SSSR count). The zero-order valence-corrected chi connectivity index (χ0v) is 18.7. The molecule has 0 spiro atoms. The number of hydrogen-bond acceptors (Lipinski definition) is 6. The Morgan fingerprint density at radius 2 is 1.97 bits per heavy atom. The summed E-state index contributed by atoms with van der Waals surface area (Å²) >= 11 is 2.00. The molecule has 2 N–H and O–H groups in total. The second-order valence-electron chi connectivity index (χ2n) is 7.39. The molecule has 0 saturated heterocycles. The van der Waals surface area contributed by atoms with E-state index in [1.807, 2.05) is 6.07 Å². The summed E-state index contributed by atoms with van der Waals surface area (Å²) in [5.41, 5.74) is -0.626. The quantitative estimate of drug-likeness (QED) is 0.420. The highest BCUT2D eigenvalue weighted by molar-refractivity contribution is 7.98. The Bertz CT molecular complexity index is 975. The number of nitriles is 1. The number of alkyl halides is 5. The first kappa shape index (κ1) is 25.3. The third-order valence-electron chi connectivity index (χ3n) is 4.90. The van der Waals surface area contributed by atoms with E-state index in [1.165, 1.54) is 29.6 Å². The molecule has 1 aliphatic carbocycles. The molecule has 1 amide bonds. The summed E-state index contributed by atoms with van der Waals surface area (Å²) < 4.78 is 71.0. The number of hydrogen-bond donors (Lipinski definition) is 2. The van der Waals surface area contributed by atoms with E-state index in [0.29, 0.717) is 18.4 Å². The molecule has 178 valence electrons. The number of ether oxygens (including phenoxy) is 1. The van der Waals surface area contributed by atoms with Crippen LogP contribution in [0.15, 0.2) is 41.8 Å². The van der Waals surface area contributed by atoms with Crippen LogP contribution in [0.1, 0.15) is 29.3 Å². The van der Waals surface area contributed by atoms with Crippen molar-refractivity contribution in [2.75, 3.05) is 5.75 Å². The van der Waals surface area contributed by atoms with Crippen LogP contribution >= 0.6 is 23.1 Å². The molecule has 1 aromatic heterocycles. The number of nitrogens with one attached hydrogen (secondary N) is 2. The second kappa shape index (κ2) is 10.7. The number of amides is 1. The van der Waals surface area contributed by atoms with Crippen molar-refractivity contribution >= 4 is 29.0 Å². The van der Waals surface area contributed by atoms with Gasteiger partial charge in [0.25, 0.3) is 0 Å². The number of nitrogens with zero attached hydrogens (tertiary/aromatic N) is 1. The first-order valence-corrected chi connectivity index (χ1v) is 11.9. The average Bonchev–Trinajstić information content (AvgIpc) is 3.31. The summed E-state index contributed by atoms with van der Waals surface area (Å²) in [6.45, 7) is -3.02. The molecular weight excluding hydrogens is 485 g/mol. The normalized spacial score (nSPS) is 16.6. The lowest BCUT2D eigenvalue weighted by atomic mass is 10.1. The molecule has 1 fully saturated rings. The van der Waals surface area contributed by atoms with Crippen molar-refractivity contribution < 1.29 is 31.5 Å². The molecule has 2 aromatic rings. The third-order valence-corrected chi connectivity index (χ3v) is 6.92. The summed E-state index contributed by atoms with van der Waals surface area (Å²) in [7, 11) is 0. The van der Waals surface area contributed by atoms with E-state index in [1.54, 1.807) is 12.1 Å². The van der Waals surface area contributed by atoms with Gasteiger partial charge in [-0.2, -0.15) is 39.0 Å². The highest BCUT2D eigenvalue weighted by Crippen LogP contribution is 2.37. The fraction of sp³-hybridized carbons (Fsp3) is 0.429. The van der Waals surface area contributed by atoms with Gasteiger partial charge in [-0.05, 0) is 30.4 Å². The van der Waals surface area contributed by atoms with E-state index >= 15 is 0 Å². The fourth-order valence-corrected chi connectivity index (χ4v) is 4.90. The molecule has 5 nitrogen and oxygen atoms in total. The SMILES string of the molecule is N#CC1(NC(=O)[C@H](CSCc2ccccc2OC(F)F)NC(c2cccs2)C(F)(F)F)CC1. The van der Waals surface area contributed by atoms with E-state index in [-0.39, 0.29) is 22.1 Å². The lowest BCUT2D eigenvalue weighted by molar-refractivity contribution is -0.159. The first-order chi connectivity index (χ1) is 15.6. The van der Waals surface area contributed by atoms with Crippen molar-refractivity contribution in [3.05, 3.63) is 52.2 Å². The maximum Gasteiger partial charge on any atom is 0.408 e. The maximum absolute atomic E-state index is 13.8. The van der Waals surface area contributed by atoms with Crippen LogP contribution in [0.4, 0.5) is 22.0 Å². The summed E-state index contributed by atoms with van der Waals surface area (Å²) in [6, 6.07) is 7.52. The number of benzene rings is 1. The van der Waals surface area contributed by atoms with Crippen LogP contribution in [0, 0.1) is 11.3 Å². The Hall–Kier alpha value is -2.36. The molecule has 0 bridgehead atoms. The Morgan fingerprint density at radius 3 is 2.55 bits per heavy atom. The van der Waals surface area contributed by atoms with Crippen molar-refractivity contribution in [1.29, 1.82) is 5.26 Å². The summed E-state index contributed by atoms with van der Waals surface area (Å²) in [5, 5.41) is 15.7. The van der Waals surface area contributed by atoms with Gasteiger partial charge < -0.3 is 10.1 Å². The molecule has 1 aliphatic rings. The number of halogens is 5. The van der Waals surface area contributed by atoms with Crippen LogP contribution < -0.4 is 15.4 Å². The molecule has 0 radical (unpaired) electrons. The molecule has 1 unspecified atom stereocenters. The Kier molecular flexibility index (Phi) is 8.20. The molecule has 33 heavy (non-hydrogen) atoms. The van der Waals surface area contributed by atoms with Crippen LogP contribution in [0.5, 0.6) is 5.75 Å². The Balaban J connectivity index is 1.74. The summed E-state index contributed by atoms with van der Waals surface area (Å²) in [6.07, 6.45) is -3.79. The van der Waals surface area contributed by atoms with Crippen LogP contribution in [-0.2, 0) is 10.5 Å². The molecule has 1 saturated carbocycles. The molecule has 1 heterocycles. The predicted octanol–water partition coefficient (Wildman–Crippen LogP) is 5.02. The van der Waals surface area contributed by atoms with Gasteiger partial charge in [0.2, 0.25) is 5.91 Å². The van der Waals surface area contributed by atoms with Gasteiger partial charge in [-0.1, -0.05) is 24.3 Å². The molecular formula is C21H20F5N3O2S2. The lowest BCUT2D eigenvalue weighted by Crippen LogP contribution is -2.52. The minimum absolute atomic E-state index is 0.00222. The second-order valence-corrected chi connectivity index (χ2v) is 9.40. The van der Waals surface area contributed by atoms with E-state index in [0.717, 1.165) is 23.1 Å². The highest BCUT2D eigenvalue weighted by atomic mass is 32.2. The number of rotatable bonds is 11. The first-order valence-electron chi connectivity index (χ1n) is 9.83. The van der Waals surface area contributed by atoms with Crippen LogP contribution in [0.25, 0.3) is 0 Å². The van der Waals surface area contributed by atoms with Gasteiger partial charge in [-0.25, -0.2) is 0 Å². The number of carbonyl (C=O) groups is 1. The van der Waals surface area contributed by atoms with E-state index < -0.39 is 36.3 Å². The van der Waals surface area contributed by atoms with Gasteiger partial charge in [0.1, 0.15) is 17.3 Å². The number of thioether (sulfide) groups is 1. The summed E-state index contributed by atoms with van der Waals surface area (Å²) in [4.78, 5) is 12.8. The predicted molar refractivity (Wildman–Crippen MR) is 115 cm³/mol. The monoisotopic (exact) mass is 505 g/mol. The molecule has 12 heteroatoms. The molecule has 0 aliphatic heterocycles. The van der Waals surface area contributed by atoms with Crippen molar-refractivity contribution in [3.63, 3.8) is 0 Å². The number of para-hydroxylation sites is 1. The van der Waals surface area contributed by atoms with Gasteiger partial charge in [-0.3, -0.25) is 10.1 Å². The van der Waals surface area contributed by atoms with Gasteiger partial charge in [0.15, 0.2) is 0 Å². The van der Waals surface area contributed by atoms with E-state index in [4.69, 9.17) is 0 Å². The zero-order valence-electron chi connectivity index (χ0n) is 17.1. The zero-order chi connectivity index (χ0) is 24.1. The third kappa shape index (κ3) is 7.06. The van der Waals surface area contributed by atoms with E-state index in [2.05, 4.69) is 15.4 Å². The minimum Gasteiger partial charge on any atom is -0.435 e. The van der Waals surface area contributed by atoms with Crippen molar-refractivity contribution in [2.45, 2.75) is 49.0 Å². The van der Waals surface area contributed by atoms with Crippen LogP contribution in [0.2, 0.25) is 0 Å². The minimum atomic E-state index is -4.65. The van der Waals surface area contributed by atoms with Gasteiger partial charge in [0.05, 0.1) is 12.1 Å². The lowest BCUT2D eigenvalue weighted by Gasteiger charge is -2.27. The van der Waals surface area contributed by atoms with Gasteiger partial charge in [-0.15, -0.1) is 11.3 Å². The smallest absolute Gasteiger partial charge is 0.408 e. The number of carbonyl (C=O) groups excluding carboxylic acids is 1. The average molecular weight is 506 g/mol. The maximum atomic E-state index is 13.8. The topological polar surface area (TPSA) is 74.2 Å². The molecule has 1 aromatic carbocycles. The standard InChI is InChI=1S/C21H20F5N3O2S2/c22-19(23)31-15-5-2-1-4-13(15)10-32-11-14(18(30)29-20(12-27)7-8-20)28-17(21(24,25)26)16-6-3-9-33-16/h1-6,9,14,17,19,28H,7-8,10-11H2,(H,29,30)/t14-,17?/m0/s1. The van der Waals surface area contributed by atoms with Crippen LogP contribution in [-0.4, -0.2) is 36.0 Å². The molecule has 2 atom stereocenters. The van der Waals surface area contributed by atoms with Crippen molar-refractivity contribution in [2.24, 2.45) is 0 Å². The van der Waals surface area contributed by atoms with Gasteiger partial charge in [0, 0.05) is 21.9 Å². The highest BCUT2D eigenvalue weighted by Gasteiger charge is 2.47. The van der Waals surface area contributed by atoms with Crippen LogP contribution in [0.3, 0.4) is 0 Å². The number of thiophene rings is 1. The van der Waals surface area contributed by atoms with Crippen molar-refractivity contribution in [1.82, 2.24) is 10.6 Å². The Labute approximate surface area is 195 Å². The van der Waals surface area contributed by atoms with Gasteiger partial charge >= 0.3 is 12.8 Å². The Morgan fingerprint density at radius 1 is 1.24 bits per heavy atom. The largest absolute Gasteiger partial charge is 0.435 e. The summed E-state index contributed by atoms with van der Waals surface area (Å²) in [5.74, 6) is -0.714. The van der Waals surface area contributed by atoms with Crippen molar-refractivity contribution in [3.8, 4) is 11.8 Å². The van der Waals surface area contributed by atoms with E-state index in [9.17, 15) is 32.0 Å².